The fraction of sp³-hybridized carbons (Fsp3) is 0.214. The van der Waals surface area contributed by atoms with Crippen molar-refractivity contribution in [3.8, 4) is 22.7 Å². The third-order valence-electron chi connectivity index (χ3n) is 2.52. The van der Waals surface area contributed by atoms with E-state index >= 15 is 0 Å². The number of rotatable bonds is 2. The van der Waals surface area contributed by atoms with Crippen LogP contribution in [0, 0.1) is 11.5 Å². The predicted molar refractivity (Wildman–Crippen MR) is 80.6 cm³/mol. The molecule has 0 saturated heterocycles. The van der Waals surface area contributed by atoms with Crippen LogP contribution in [-0.4, -0.2) is 29.4 Å². The maximum atomic E-state index is 11.2. The fourth-order valence-electron chi connectivity index (χ4n) is 1.58. The number of hydrogen-bond acceptors (Lipinski definition) is 3. The lowest BCUT2D eigenvalue weighted by Crippen LogP contribution is -2.16. The Kier molecular flexibility index (Phi) is 3.72. The lowest BCUT2D eigenvalue weighted by atomic mass is 10.1. The summed E-state index contributed by atoms with van der Waals surface area (Å²) in [5.74, 6) is 2.57. The lowest BCUT2D eigenvalue weighted by molar-refractivity contribution is 0.0996. The lowest BCUT2D eigenvalue weighted by Gasteiger charge is -2.03. The normalized spacial score (nSPS) is 10.8. The van der Waals surface area contributed by atoms with Crippen molar-refractivity contribution in [2.45, 2.75) is 19.6 Å². The topological polar surface area (TPSA) is 84.7 Å². The molecular weight excluding hydrogens is 268 g/mol. The molecule has 0 bridgehead atoms. The minimum absolute atomic E-state index is 0.144. The summed E-state index contributed by atoms with van der Waals surface area (Å²) in [6.07, 6.45) is 0. The number of carbonyl (C=O) groups excluding carboxylic acids is 1. The number of carbonyl (C=O) groups is 1. The zero-order valence-electron chi connectivity index (χ0n) is 11.7. The molecule has 102 valence electrons. The van der Waals surface area contributed by atoms with Crippen molar-refractivity contribution in [2.24, 2.45) is 5.73 Å². The molecule has 0 saturated carbocycles. The summed E-state index contributed by atoms with van der Waals surface area (Å²) in [7, 11) is -1.38. The Labute approximate surface area is 118 Å². The van der Waals surface area contributed by atoms with E-state index in [-0.39, 0.29) is 5.69 Å². The molecule has 2 rings (SSSR count). The van der Waals surface area contributed by atoms with Gasteiger partial charge in [0.25, 0.3) is 5.91 Å². The number of amides is 1. The van der Waals surface area contributed by atoms with Crippen molar-refractivity contribution in [1.82, 2.24) is 15.4 Å². The monoisotopic (exact) mass is 284 g/mol. The highest BCUT2D eigenvalue weighted by Crippen LogP contribution is 2.19. The highest BCUT2D eigenvalue weighted by atomic mass is 28.3. The fourth-order valence-corrected chi connectivity index (χ4v) is 2.09. The summed E-state index contributed by atoms with van der Waals surface area (Å²) in [6.45, 7) is 6.59. The average molecular weight is 284 g/mol. The second-order valence-corrected chi connectivity index (χ2v) is 10.2. The van der Waals surface area contributed by atoms with E-state index in [1.54, 1.807) is 0 Å². The molecular formula is C14H16N4OSi. The summed E-state index contributed by atoms with van der Waals surface area (Å²) in [6, 6.07) is 7.53. The third kappa shape index (κ3) is 3.33. The van der Waals surface area contributed by atoms with Crippen molar-refractivity contribution in [2.75, 3.05) is 0 Å². The molecule has 0 radical (unpaired) electrons. The molecule has 2 aromatic rings. The Morgan fingerprint density at radius 1 is 1.20 bits per heavy atom. The SMILES string of the molecule is C[Si](C)(C)C#Cc1ccc(-c2n[nH]nc2C(N)=O)cc1. The number of nitrogens with zero attached hydrogens (tertiary/aromatic N) is 2. The number of aromatic amines is 1. The molecule has 1 aromatic heterocycles. The number of hydrogen-bond donors (Lipinski definition) is 2. The maximum Gasteiger partial charge on any atom is 0.271 e. The molecule has 0 aliphatic carbocycles. The number of aromatic nitrogens is 3. The van der Waals surface area contributed by atoms with Gasteiger partial charge >= 0.3 is 0 Å². The first-order chi connectivity index (χ1) is 9.37. The largest absolute Gasteiger partial charge is 0.364 e. The van der Waals surface area contributed by atoms with Crippen LogP contribution < -0.4 is 5.73 Å². The van der Waals surface area contributed by atoms with Gasteiger partial charge in [0, 0.05) is 11.1 Å². The number of benzene rings is 1. The van der Waals surface area contributed by atoms with Gasteiger partial charge in [-0.2, -0.15) is 15.4 Å². The van der Waals surface area contributed by atoms with Gasteiger partial charge < -0.3 is 5.73 Å². The summed E-state index contributed by atoms with van der Waals surface area (Å²) in [5.41, 5.74) is 10.9. The quantitative estimate of drug-likeness (QED) is 0.651. The highest BCUT2D eigenvalue weighted by molar-refractivity contribution is 6.83. The van der Waals surface area contributed by atoms with Gasteiger partial charge in [0.15, 0.2) is 5.69 Å². The summed E-state index contributed by atoms with van der Waals surface area (Å²) < 4.78 is 0. The van der Waals surface area contributed by atoms with E-state index in [0.717, 1.165) is 11.1 Å². The summed E-state index contributed by atoms with van der Waals surface area (Å²) in [5, 5.41) is 10.1. The Morgan fingerprint density at radius 3 is 2.40 bits per heavy atom. The van der Waals surface area contributed by atoms with Gasteiger partial charge in [-0.15, -0.1) is 5.54 Å². The zero-order valence-corrected chi connectivity index (χ0v) is 12.7. The van der Waals surface area contributed by atoms with Crippen LogP contribution in [0.3, 0.4) is 0 Å². The van der Waals surface area contributed by atoms with E-state index in [4.69, 9.17) is 5.73 Å². The van der Waals surface area contributed by atoms with Gasteiger partial charge in [-0.1, -0.05) is 37.7 Å². The van der Waals surface area contributed by atoms with Crippen LogP contribution in [0.25, 0.3) is 11.3 Å². The molecule has 0 atom stereocenters. The molecule has 0 unspecified atom stereocenters. The van der Waals surface area contributed by atoms with Crippen LogP contribution in [0.5, 0.6) is 0 Å². The molecule has 5 nitrogen and oxygen atoms in total. The summed E-state index contributed by atoms with van der Waals surface area (Å²) >= 11 is 0. The Hall–Kier alpha value is -2.39. The Bertz CT molecular complexity index is 686. The van der Waals surface area contributed by atoms with Crippen LogP contribution >= 0.6 is 0 Å². The molecule has 3 N–H and O–H groups in total. The molecule has 1 aromatic carbocycles. The minimum atomic E-state index is -1.38. The Morgan fingerprint density at radius 2 is 1.85 bits per heavy atom. The zero-order chi connectivity index (χ0) is 14.8. The number of H-pyrrole nitrogens is 1. The molecule has 0 aliphatic rings. The second kappa shape index (κ2) is 5.31. The van der Waals surface area contributed by atoms with Crippen molar-refractivity contribution < 1.29 is 4.79 Å². The second-order valence-electron chi connectivity index (χ2n) is 5.46. The van der Waals surface area contributed by atoms with Gasteiger partial charge in [0.05, 0.1) is 0 Å². The van der Waals surface area contributed by atoms with Gasteiger partial charge in [0.1, 0.15) is 13.8 Å². The standard InChI is InChI=1S/C14H16N4OSi/c1-20(2,3)9-8-10-4-6-11(7-5-10)12-13(14(15)19)17-18-16-12/h4-7H,1-3H3,(H2,15,19)(H,16,17,18). The summed E-state index contributed by atoms with van der Waals surface area (Å²) in [4.78, 5) is 11.2. The van der Waals surface area contributed by atoms with Crippen LogP contribution in [0.1, 0.15) is 16.1 Å². The number of nitrogens with one attached hydrogen (secondary N) is 1. The Balaban J connectivity index is 2.30. The van der Waals surface area contributed by atoms with Crippen molar-refractivity contribution >= 4 is 14.0 Å². The van der Waals surface area contributed by atoms with Gasteiger partial charge in [-0.25, -0.2) is 0 Å². The van der Waals surface area contributed by atoms with E-state index in [9.17, 15) is 4.79 Å². The molecule has 1 amide bonds. The van der Waals surface area contributed by atoms with Crippen LogP contribution in [0.4, 0.5) is 0 Å². The van der Waals surface area contributed by atoms with E-state index < -0.39 is 14.0 Å². The van der Waals surface area contributed by atoms with E-state index in [0.29, 0.717) is 5.69 Å². The number of nitrogens with two attached hydrogens (primary N) is 1. The van der Waals surface area contributed by atoms with E-state index in [1.165, 1.54) is 0 Å². The van der Waals surface area contributed by atoms with Crippen molar-refractivity contribution in [3.63, 3.8) is 0 Å². The molecule has 0 fully saturated rings. The first-order valence-corrected chi connectivity index (χ1v) is 9.71. The minimum Gasteiger partial charge on any atom is -0.364 e. The number of primary amides is 1. The molecule has 0 spiro atoms. The van der Waals surface area contributed by atoms with Gasteiger partial charge in [-0.3, -0.25) is 4.79 Å². The van der Waals surface area contributed by atoms with E-state index in [2.05, 4.69) is 46.5 Å². The van der Waals surface area contributed by atoms with Crippen LogP contribution in [0.15, 0.2) is 24.3 Å². The predicted octanol–water partition coefficient (Wildman–Crippen LogP) is 1.80. The smallest absolute Gasteiger partial charge is 0.271 e. The first-order valence-electron chi connectivity index (χ1n) is 6.21. The third-order valence-corrected chi connectivity index (χ3v) is 3.40. The van der Waals surface area contributed by atoms with Crippen LogP contribution in [-0.2, 0) is 0 Å². The van der Waals surface area contributed by atoms with E-state index in [1.807, 2.05) is 24.3 Å². The van der Waals surface area contributed by atoms with Crippen molar-refractivity contribution in [1.29, 1.82) is 0 Å². The molecule has 1 heterocycles. The molecule has 20 heavy (non-hydrogen) atoms. The van der Waals surface area contributed by atoms with Gasteiger partial charge in [-0.05, 0) is 12.1 Å². The average Bonchev–Trinajstić information content (AvgIpc) is 2.85. The molecule has 6 heteroatoms. The highest BCUT2D eigenvalue weighted by Gasteiger charge is 2.14. The first kappa shape index (κ1) is 14.0. The van der Waals surface area contributed by atoms with Crippen LogP contribution in [0.2, 0.25) is 19.6 Å². The van der Waals surface area contributed by atoms with Crippen molar-refractivity contribution in [3.05, 3.63) is 35.5 Å². The van der Waals surface area contributed by atoms with Gasteiger partial charge in [0.2, 0.25) is 0 Å². The molecule has 0 aliphatic heterocycles. The maximum absolute atomic E-state index is 11.2.